The van der Waals surface area contributed by atoms with Crippen LogP contribution in [0, 0.1) is 0 Å². The van der Waals surface area contributed by atoms with Gasteiger partial charge in [0.1, 0.15) is 5.75 Å². The number of benzene rings is 1. The van der Waals surface area contributed by atoms with Gasteiger partial charge in [0.2, 0.25) is 0 Å². The van der Waals surface area contributed by atoms with Gasteiger partial charge in [-0.3, -0.25) is 0 Å². The van der Waals surface area contributed by atoms with E-state index >= 15 is 0 Å². The average Bonchev–Trinajstić information content (AvgIpc) is 2.30. The van der Waals surface area contributed by atoms with E-state index < -0.39 is 6.29 Å². The standard InChI is InChI=1S/C11H14ClNO3/c1-14-10-3-2-7(12)4-9(10)11-15-5-8(13)6-16-11/h2-4,8,11H,5-6,13H2,1H3. The maximum atomic E-state index is 5.93. The fourth-order valence-corrected chi connectivity index (χ4v) is 1.77. The van der Waals surface area contributed by atoms with Crippen LogP contribution in [0.2, 0.25) is 5.02 Å². The van der Waals surface area contributed by atoms with Crippen molar-refractivity contribution < 1.29 is 14.2 Å². The van der Waals surface area contributed by atoms with E-state index in [1.807, 2.05) is 0 Å². The van der Waals surface area contributed by atoms with E-state index in [9.17, 15) is 0 Å². The maximum absolute atomic E-state index is 5.93. The molecule has 0 unspecified atom stereocenters. The second kappa shape index (κ2) is 5.01. The minimum atomic E-state index is -0.451. The summed E-state index contributed by atoms with van der Waals surface area (Å²) in [5.74, 6) is 0.699. The molecule has 88 valence electrons. The molecule has 4 nitrogen and oxygen atoms in total. The Morgan fingerprint density at radius 3 is 2.69 bits per heavy atom. The molecule has 0 aromatic heterocycles. The van der Waals surface area contributed by atoms with Crippen molar-refractivity contribution in [3.8, 4) is 5.75 Å². The summed E-state index contributed by atoms with van der Waals surface area (Å²) >= 11 is 5.93. The molecule has 1 aromatic rings. The third-order valence-corrected chi connectivity index (χ3v) is 2.60. The molecule has 5 heteroatoms. The summed E-state index contributed by atoms with van der Waals surface area (Å²) in [4.78, 5) is 0. The number of hydrogen-bond acceptors (Lipinski definition) is 4. The molecule has 1 saturated heterocycles. The van der Waals surface area contributed by atoms with E-state index in [0.717, 1.165) is 5.56 Å². The summed E-state index contributed by atoms with van der Waals surface area (Å²) in [5, 5.41) is 0.623. The van der Waals surface area contributed by atoms with Crippen molar-refractivity contribution in [2.24, 2.45) is 5.73 Å². The number of rotatable bonds is 2. The second-order valence-electron chi connectivity index (χ2n) is 3.64. The summed E-state index contributed by atoms with van der Waals surface area (Å²) in [7, 11) is 1.60. The Balaban J connectivity index is 2.21. The van der Waals surface area contributed by atoms with Crippen LogP contribution in [0.1, 0.15) is 11.9 Å². The minimum Gasteiger partial charge on any atom is -0.496 e. The van der Waals surface area contributed by atoms with Gasteiger partial charge in [-0.2, -0.15) is 0 Å². The van der Waals surface area contributed by atoms with Gasteiger partial charge >= 0.3 is 0 Å². The Morgan fingerprint density at radius 1 is 1.38 bits per heavy atom. The van der Waals surface area contributed by atoms with Gasteiger partial charge in [0, 0.05) is 5.02 Å². The van der Waals surface area contributed by atoms with Crippen LogP contribution >= 0.6 is 11.6 Å². The Labute approximate surface area is 99.2 Å². The number of halogens is 1. The van der Waals surface area contributed by atoms with Gasteiger partial charge in [-0.1, -0.05) is 11.6 Å². The highest BCUT2D eigenvalue weighted by Crippen LogP contribution is 2.32. The molecule has 1 aliphatic rings. The molecule has 1 aromatic carbocycles. The monoisotopic (exact) mass is 243 g/mol. The Kier molecular flexibility index (Phi) is 3.66. The van der Waals surface area contributed by atoms with E-state index in [-0.39, 0.29) is 6.04 Å². The van der Waals surface area contributed by atoms with Crippen LogP contribution in [0.4, 0.5) is 0 Å². The number of ether oxygens (including phenoxy) is 3. The van der Waals surface area contributed by atoms with Gasteiger partial charge in [-0.15, -0.1) is 0 Å². The van der Waals surface area contributed by atoms with Crippen molar-refractivity contribution in [1.29, 1.82) is 0 Å². The molecule has 2 N–H and O–H groups in total. The summed E-state index contributed by atoms with van der Waals surface area (Å²) < 4.78 is 16.2. The lowest BCUT2D eigenvalue weighted by Crippen LogP contribution is -2.37. The summed E-state index contributed by atoms with van der Waals surface area (Å²) in [6.45, 7) is 0.945. The second-order valence-corrected chi connectivity index (χ2v) is 4.08. The van der Waals surface area contributed by atoms with E-state index in [4.69, 9.17) is 31.5 Å². The molecule has 0 saturated carbocycles. The molecule has 1 heterocycles. The number of hydrogen-bond donors (Lipinski definition) is 1. The van der Waals surface area contributed by atoms with Gasteiger partial charge in [0.15, 0.2) is 6.29 Å². The number of methoxy groups -OCH3 is 1. The van der Waals surface area contributed by atoms with Crippen LogP contribution in [0.3, 0.4) is 0 Å². The van der Waals surface area contributed by atoms with Crippen LogP contribution in [0.5, 0.6) is 5.75 Å². The molecule has 1 fully saturated rings. The zero-order valence-corrected chi connectivity index (χ0v) is 9.74. The molecule has 0 atom stereocenters. The van der Waals surface area contributed by atoms with Crippen molar-refractivity contribution in [3.63, 3.8) is 0 Å². The molecule has 2 rings (SSSR count). The smallest absolute Gasteiger partial charge is 0.187 e. The van der Waals surface area contributed by atoms with E-state index in [1.165, 1.54) is 0 Å². The summed E-state index contributed by atoms with van der Waals surface area (Å²) in [5.41, 5.74) is 6.46. The molecular formula is C11H14ClNO3. The van der Waals surface area contributed by atoms with Crippen LogP contribution in [0.15, 0.2) is 18.2 Å². The molecule has 0 spiro atoms. The lowest BCUT2D eigenvalue weighted by molar-refractivity contribution is -0.190. The Morgan fingerprint density at radius 2 is 2.06 bits per heavy atom. The van der Waals surface area contributed by atoms with Crippen LogP contribution in [-0.2, 0) is 9.47 Å². The van der Waals surface area contributed by atoms with Crippen molar-refractivity contribution >= 4 is 11.6 Å². The molecule has 0 amide bonds. The Hall–Kier alpha value is -0.810. The van der Waals surface area contributed by atoms with Crippen LogP contribution in [-0.4, -0.2) is 26.4 Å². The molecule has 16 heavy (non-hydrogen) atoms. The molecule has 0 radical (unpaired) electrons. The minimum absolute atomic E-state index is 0.0681. The zero-order chi connectivity index (χ0) is 11.5. The lowest BCUT2D eigenvalue weighted by atomic mass is 10.2. The van der Waals surface area contributed by atoms with Crippen LogP contribution in [0.25, 0.3) is 0 Å². The summed E-state index contributed by atoms with van der Waals surface area (Å²) in [6.07, 6.45) is -0.451. The van der Waals surface area contributed by atoms with Gasteiger partial charge in [0.25, 0.3) is 0 Å². The SMILES string of the molecule is COc1ccc(Cl)cc1C1OCC(N)CO1. The zero-order valence-electron chi connectivity index (χ0n) is 8.98. The van der Waals surface area contributed by atoms with Crippen LogP contribution < -0.4 is 10.5 Å². The third-order valence-electron chi connectivity index (χ3n) is 2.37. The largest absolute Gasteiger partial charge is 0.496 e. The lowest BCUT2D eigenvalue weighted by Gasteiger charge is -2.28. The van der Waals surface area contributed by atoms with E-state index in [0.29, 0.717) is 24.0 Å². The first-order chi connectivity index (χ1) is 7.70. The maximum Gasteiger partial charge on any atom is 0.187 e. The van der Waals surface area contributed by atoms with E-state index in [1.54, 1.807) is 25.3 Å². The third kappa shape index (κ3) is 2.47. The normalized spacial score (nSPS) is 25.4. The molecule has 1 aliphatic heterocycles. The fraction of sp³-hybridized carbons (Fsp3) is 0.455. The van der Waals surface area contributed by atoms with Crippen molar-refractivity contribution in [3.05, 3.63) is 28.8 Å². The fourth-order valence-electron chi connectivity index (χ4n) is 1.59. The van der Waals surface area contributed by atoms with Gasteiger partial charge in [-0.05, 0) is 18.2 Å². The quantitative estimate of drug-likeness (QED) is 0.860. The Bertz CT molecular complexity index is 364. The predicted octanol–water partition coefficient (Wildman–Crippen LogP) is 1.72. The highest BCUT2D eigenvalue weighted by atomic mass is 35.5. The predicted molar refractivity (Wildman–Crippen MR) is 60.6 cm³/mol. The average molecular weight is 244 g/mol. The highest BCUT2D eigenvalue weighted by Gasteiger charge is 2.24. The first kappa shape index (κ1) is 11.7. The summed E-state index contributed by atoms with van der Waals surface area (Å²) in [6, 6.07) is 5.26. The van der Waals surface area contributed by atoms with Crippen molar-refractivity contribution in [2.45, 2.75) is 12.3 Å². The van der Waals surface area contributed by atoms with Gasteiger partial charge in [0.05, 0.1) is 31.9 Å². The van der Waals surface area contributed by atoms with Crippen molar-refractivity contribution in [2.75, 3.05) is 20.3 Å². The van der Waals surface area contributed by atoms with E-state index in [2.05, 4.69) is 0 Å². The van der Waals surface area contributed by atoms with Crippen molar-refractivity contribution in [1.82, 2.24) is 0 Å². The topological polar surface area (TPSA) is 53.7 Å². The first-order valence-corrected chi connectivity index (χ1v) is 5.40. The molecule has 0 bridgehead atoms. The first-order valence-electron chi connectivity index (χ1n) is 5.03. The highest BCUT2D eigenvalue weighted by molar-refractivity contribution is 6.30. The molecule has 0 aliphatic carbocycles. The van der Waals surface area contributed by atoms with Gasteiger partial charge in [-0.25, -0.2) is 0 Å². The number of nitrogens with two attached hydrogens (primary N) is 1. The van der Waals surface area contributed by atoms with Gasteiger partial charge < -0.3 is 19.9 Å². The molecular weight excluding hydrogens is 230 g/mol.